The van der Waals surface area contributed by atoms with Gasteiger partial charge < -0.3 is 13.9 Å². The zero-order chi connectivity index (χ0) is 49.6. The normalized spacial score (nSPS) is 13.5. The van der Waals surface area contributed by atoms with Gasteiger partial charge in [-0.3, -0.25) is 4.57 Å². The van der Waals surface area contributed by atoms with Crippen molar-refractivity contribution in [1.29, 1.82) is 0 Å². The molecule has 3 heterocycles. The number of hydrogen-bond acceptors (Lipinski definition) is 2. The second-order valence-corrected chi connectivity index (χ2v) is 14.5. The van der Waals surface area contributed by atoms with E-state index in [0.29, 0.717) is 28.2 Å². The number of aryl methyl sites for hydroxylation is 1. The van der Waals surface area contributed by atoms with Crippen molar-refractivity contribution in [3.8, 4) is 62.1 Å². The minimum atomic E-state index is -0.573. The molecule has 0 N–H and O–H groups in total. The van der Waals surface area contributed by atoms with Crippen LogP contribution in [0.25, 0.3) is 83.4 Å². The van der Waals surface area contributed by atoms with Gasteiger partial charge in [0.25, 0.3) is 6.33 Å². The summed E-state index contributed by atoms with van der Waals surface area (Å²) in [6, 6.07) is 41.5. The Hall–Kier alpha value is -7.33. The molecular weight excluding hydrogens is 940 g/mol. The van der Waals surface area contributed by atoms with Gasteiger partial charge in [0.1, 0.15) is 5.82 Å². The zero-order valence-corrected chi connectivity index (χ0v) is 35.5. The number of nitrogens with zero attached hydrogens (tertiary/aromatic N) is 4. The molecule has 300 valence electrons. The Morgan fingerprint density at radius 2 is 1.24 bits per heavy atom. The summed E-state index contributed by atoms with van der Waals surface area (Å²) in [5, 5.41) is 2.01. The standard InChI is InChI=1S/C56H38N4O.Pt/c1-38-36-57-56(39(2)54(38)42-22-10-5-11-23-42)60-50-29-13-12-26-48(50)49-33-32-45(35-53(49)60)61-44-25-16-24-43(34-44)58-37-59(52-31-15-14-30-51(52)58)55-46(40-18-6-3-7-19-40)27-17-28-47(55)41-20-8-4-9-21-41;/h3-33,36H,1-2H3;/q-2;/i3D,4D,6D,7D,8D,9D,18D,19D,20D,21D;. The fourth-order valence-electron chi connectivity index (χ4n) is 8.26. The third kappa shape index (κ3) is 6.72. The summed E-state index contributed by atoms with van der Waals surface area (Å²) < 4.78 is 99.0. The second-order valence-electron chi connectivity index (χ2n) is 14.5. The first kappa shape index (κ1) is 29.0. The molecule has 11 aromatic rings. The smallest absolute Gasteiger partial charge is 0.268 e. The molecule has 5 nitrogen and oxygen atoms in total. The van der Waals surface area contributed by atoms with Gasteiger partial charge >= 0.3 is 0 Å². The first-order valence-corrected chi connectivity index (χ1v) is 19.7. The fourth-order valence-corrected chi connectivity index (χ4v) is 8.26. The van der Waals surface area contributed by atoms with Crippen LogP contribution in [0.2, 0.25) is 0 Å². The molecule has 62 heavy (non-hydrogen) atoms. The van der Waals surface area contributed by atoms with E-state index < -0.39 is 60.4 Å². The van der Waals surface area contributed by atoms with Gasteiger partial charge in [-0.15, -0.1) is 29.7 Å². The monoisotopic (exact) mass is 987 g/mol. The van der Waals surface area contributed by atoms with Crippen molar-refractivity contribution in [3.05, 3.63) is 224 Å². The summed E-state index contributed by atoms with van der Waals surface area (Å²) in [4.78, 5) is 5.00. The number of para-hydroxylation sites is 4. The van der Waals surface area contributed by atoms with Crippen molar-refractivity contribution in [2.45, 2.75) is 13.8 Å². The van der Waals surface area contributed by atoms with Crippen molar-refractivity contribution in [2.75, 3.05) is 0 Å². The molecule has 8 aromatic carbocycles. The molecule has 0 amide bonds. The van der Waals surface area contributed by atoms with Crippen molar-refractivity contribution < 1.29 is 44.1 Å². The molecule has 0 aliphatic heterocycles. The molecule has 0 fully saturated rings. The molecule has 0 saturated heterocycles. The number of fused-ring (bicyclic) bond motifs is 4. The van der Waals surface area contributed by atoms with Crippen LogP contribution in [0, 0.1) is 32.3 Å². The Labute approximate surface area is 389 Å². The second kappa shape index (κ2) is 16.3. The van der Waals surface area contributed by atoms with Gasteiger partial charge in [0.2, 0.25) is 0 Å². The summed E-state index contributed by atoms with van der Waals surface area (Å²) in [6.07, 6.45) is 5.31. The molecule has 3 aromatic heterocycles. The van der Waals surface area contributed by atoms with Crippen LogP contribution in [0.5, 0.6) is 11.5 Å². The Morgan fingerprint density at radius 3 is 1.98 bits per heavy atom. The predicted molar refractivity (Wildman–Crippen MR) is 246 cm³/mol. The van der Waals surface area contributed by atoms with Crippen LogP contribution in [0.4, 0.5) is 0 Å². The SMILES string of the molecule is [2H]c1c([2H])c([2H])c(-c2cccc(-c3c([2H])c([2H])c([2H])c([2H])c3[2H])c2-[n+]2[c-]n(-c3[c-]c(Oc4[c-]c5c(cc4)c4ccccc4n5-c4ncc(C)c(-c5ccccc5)c4C)ccc3)c3ccccc32)c([2H])c1[2H].[Pt]. The summed E-state index contributed by atoms with van der Waals surface area (Å²) in [5.41, 5.74) is 7.83. The molecular formula is C56H38N4OPt-2. The van der Waals surface area contributed by atoms with E-state index in [1.807, 2.05) is 79.0 Å². The van der Waals surface area contributed by atoms with Crippen molar-refractivity contribution in [2.24, 2.45) is 0 Å². The van der Waals surface area contributed by atoms with E-state index in [1.165, 1.54) is 0 Å². The third-order valence-corrected chi connectivity index (χ3v) is 10.9. The number of benzene rings is 8. The molecule has 6 heteroatoms. The molecule has 11 rings (SSSR count). The van der Waals surface area contributed by atoms with Crippen molar-refractivity contribution in [3.63, 3.8) is 0 Å². The van der Waals surface area contributed by atoms with Crippen LogP contribution >= 0.6 is 0 Å². The Morgan fingerprint density at radius 1 is 0.597 bits per heavy atom. The first-order valence-electron chi connectivity index (χ1n) is 24.7. The van der Waals surface area contributed by atoms with E-state index in [4.69, 9.17) is 23.4 Å². The molecule has 0 atom stereocenters. The van der Waals surface area contributed by atoms with Crippen LogP contribution in [0.15, 0.2) is 194 Å². The Bertz CT molecular complexity index is 3880. The van der Waals surface area contributed by atoms with Gasteiger partial charge in [0, 0.05) is 49.8 Å². The number of ether oxygens (including phenoxy) is 1. The quantitative estimate of drug-likeness (QED) is 0.112. The zero-order valence-electron chi connectivity index (χ0n) is 43.2. The predicted octanol–water partition coefficient (Wildman–Crippen LogP) is 13.2. The van der Waals surface area contributed by atoms with Gasteiger partial charge in [-0.2, -0.15) is 18.2 Å². The number of imidazole rings is 1. The van der Waals surface area contributed by atoms with Gasteiger partial charge in [-0.05, 0) is 69.9 Å². The van der Waals surface area contributed by atoms with Gasteiger partial charge in [0.15, 0.2) is 0 Å². The van der Waals surface area contributed by atoms with Crippen molar-refractivity contribution in [1.82, 2.24) is 14.1 Å². The Balaban J connectivity index is 0.00000596. The third-order valence-electron chi connectivity index (χ3n) is 10.9. The number of pyridine rings is 1. The van der Waals surface area contributed by atoms with Crippen LogP contribution in [0.3, 0.4) is 0 Å². The topological polar surface area (TPSA) is 35.9 Å². The van der Waals surface area contributed by atoms with E-state index in [2.05, 4.69) is 61.1 Å². The summed E-state index contributed by atoms with van der Waals surface area (Å²) >= 11 is 0. The summed E-state index contributed by atoms with van der Waals surface area (Å²) in [7, 11) is 0. The van der Waals surface area contributed by atoms with Gasteiger partial charge in [0.05, 0.1) is 30.4 Å². The van der Waals surface area contributed by atoms with Crippen LogP contribution in [-0.2, 0) is 21.1 Å². The van der Waals surface area contributed by atoms with E-state index in [1.54, 1.807) is 39.5 Å². The molecule has 0 bridgehead atoms. The minimum absolute atomic E-state index is 0. The molecule has 0 saturated carbocycles. The summed E-state index contributed by atoms with van der Waals surface area (Å²) in [5.74, 6) is 1.55. The summed E-state index contributed by atoms with van der Waals surface area (Å²) in [6.45, 7) is 4.16. The minimum Gasteiger partial charge on any atom is -0.510 e. The average molecular weight is 988 g/mol. The van der Waals surface area contributed by atoms with Gasteiger partial charge in [-0.25, -0.2) is 4.98 Å². The van der Waals surface area contributed by atoms with E-state index in [0.717, 1.165) is 49.9 Å². The molecule has 0 aliphatic carbocycles. The fraction of sp³-hybridized carbons (Fsp3) is 0.0357. The Kier molecular flexibility index (Phi) is 7.61. The largest absolute Gasteiger partial charge is 0.510 e. The number of hydrogen-bond donors (Lipinski definition) is 0. The molecule has 0 unspecified atom stereocenters. The number of aromatic nitrogens is 4. The van der Waals surface area contributed by atoms with E-state index in [-0.39, 0.29) is 49.0 Å². The first-order chi connectivity index (χ1) is 34.2. The maximum absolute atomic E-state index is 9.01. The van der Waals surface area contributed by atoms with Crippen LogP contribution < -0.4 is 9.30 Å². The molecule has 0 spiro atoms. The molecule has 0 aliphatic rings. The van der Waals surface area contributed by atoms with E-state index >= 15 is 0 Å². The van der Waals surface area contributed by atoms with Crippen LogP contribution in [0.1, 0.15) is 24.8 Å². The van der Waals surface area contributed by atoms with Crippen LogP contribution in [-0.4, -0.2) is 14.1 Å². The van der Waals surface area contributed by atoms with Gasteiger partial charge in [-0.1, -0.05) is 157 Å². The number of rotatable bonds is 8. The average Bonchev–Trinajstić information content (AvgIpc) is 3.93. The maximum atomic E-state index is 9.01. The van der Waals surface area contributed by atoms with Crippen molar-refractivity contribution >= 4 is 32.8 Å². The maximum Gasteiger partial charge on any atom is 0.268 e. The molecule has 0 radical (unpaired) electrons. The van der Waals surface area contributed by atoms with E-state index in [9.17, 15) is 0 Å².